The molecule has 8 unspecified atom stereocenters. The lowest BCUT2D eigenvalue weighted by atomic mass is 9.46. The Morgan fingerprint density at radius 1 is 1.11 bits per heavy atom. The van der Waals surface area contributed by atoms with Crippen molar-refractivity contribution >= 4 is 11.8 Å². The standard InChI is InChI=1S/C24H34O3/c1-14(25)24-13-17(24)12-21-19-6-5-16-11-18(27-15(2)26)7-9-22(16,3)20(19)8-10-23(21,24)4/h5,17-21H,6-13H2,1-4H3. The van der Waals surface area contributed by atoms with Gasteiger partial charge in [-0.1, -0.05) is 25.5 Å². The Labute approximate surface area is 163 Å². The van der Waals surface area contributed by atoms with E-state index in [4.69, 9.17) is 4.74 Å². The molecule has 148 valence electrons. The highest BCUT2D eigenvalue weighted by Crippen LogP contribution is 2.80. The lowest BCUT2D eigenvalue weighted by Crippen LogP contribution is -2.52. The number of rotatable bonds is 2. The van der Waals surface area contributed by atoms with Crippen molar-refractivity contribution in [2.24, 2.45) is 39.9 Å². The van der Waals surface area contributed by atoms with E-state index in [1.54, 1.807) is 5.57 Å². The third-order valence-electron chi connectivity index (χ3n) is 10.1. The van der Waals surface area contributed by atoms with E-state index in [1.807, 2.05) is 6.92 Å². The fourth-order valence-corrected chi connectivity index (χ4v) is 8.73. The van der Waals surface area contributed by atoms with E-state index in [-0.39, 0.29) is 28.3 Å². The van der Waals surface area contributed by atoms with Gasteiger partial charge in [-0.25, -0.2) is 0 Å². The highest BCUT2D eigenvalue weighted by molar-refractivity contribution is 5.87. The number of carbonyl (C=O) groups is 2. The predicted molar refractivity (Wildman–Crippen MR) is 104 cm³/mol. The van der Waals surface area contributed by atoms with Crippen LogP contribution >= 0.6 is 0 Å². The summed E-state index contributed by atoms with van der Waals surface area (Å²) in [4.78, 5) is 24.0. The first-order valence-electron chi connectivity index (χ1n) is 11.1. The maximum Gasteiger partial charge on any atom is 0.302 e. The number of carbonyl (C=O) groups excluding carboxylic acids is 2. The van der Waals surface area contributed by atoms with Crippen LogP contribution in [-0.4, -0.2) is 17.9 Å². The molecular weight excluding hydrogens is 336 g/mol. The van der Waals surface area contributed by atoms with E-state index in [2.05, 4.69) is 19.9 Å². The summed E-state index contributed by atoms with van der Waals surface area (Å²) in [6, 6.07) is 0. The summed E-state index contributed by atoms with van der Waals surface area (Å²) in [5.41, 5.74) is 2.09. The Hall–Kier alpha value is -1.12. The summed E-state index contributed by atoms with van der Waals surface area (Å²) in [6.45, 7) is 8.33. The largest absolute Gasteiger partial charge is 0.462 e. The van der Waals surface area contributed by atoms with Crippen LogP contribution in [0.1, 0.15) is 79.1 Å². The first-order valence-corrected chi connectivity index (χ1v) is 11.1. The minimum atomic E-state index is -0.147. The van der Waals surface area contributed by atoms with Crippen molar-refractivity contribution in [1.29, 1.82) is 0 Å². The van der Waals surface area contributed by atoms with Crippen LogP contribution in [0.25, 0.3) is 0 Å². The molecule has 0 amide bonds. The van der Waals surface area contributed by atoms with Gasteiger partial charge >= 0.3 is 5.97 Å². The Morgan fingerprint density at radius 3 is 2.59 bits per heavy atom. The smallest absolute Gasteiger partial charge is 0.302 e. The fourth-order valence-electron chi connectivity index (χ4n) is 8.73. The van der Waals surface area contributed by atoms with Crippen LogP contribution in [0.5, 0.6) is 0 Å². The molecule has 3 nitrogen and oxygen atoms in total. The summed E-state index contributed by atoms with van der Waals surface area (Å²) in [5.74, 6) is 3.20. The second kappa shape index (κ2) is 5.48. The van der Waals surface area contributed by atoms with Gasteiger partial charge in [-0.15, -0.1) is 0 Å². The van der Waals surface area contributed by atoms with Gasteiger partial charge in [-0.05, 0) is 86.4 Å². The minimum absolute atomic E-state index is 0.0283. The fraction of sp³-hybridized carbons (Fsp3) is 0.833. The van der Waals surface area contributed by atoms with E-state index >= 15 is 0 Å². The van der Waals surface area contributed by atoms with E-state index in [0.29, 0.717) is 11.7 Å². The molecule has 5 aliphatic rings. The van der Waals surface area contributed by atoms with E-state index in [1.165, 1.54) is 32.6 Å². The molecule has 3 heteroatoms. The number of ether oxygens (including phenoxy) is 1. The van der Waals surface area contributed by atoms with Crippen LogP contribution in [-0.2, 0) is 14.3 Å². The molecule has 0 aromatic heterocycles. The van der Waals surface area contributed by atoms with Gasteiger partial charge in [-0.2, -0.15) is 0 Å². The molecule has 0 aromatic rings. The van der Waals surface area contributed by atoms with Gasteiger partial charge in [0.25, 0.3) is 0 Å². The molecule has 0 radical (unpaired) electrons. The maximum absolute atomic E-state index is 12.6. The van der Waals surface area contributed by atoms with E-state index in [0.717, 1.165) is 43.4 Å². The molecule has 0 bridgehead atoms. The van der Waals surface area contributed by atoms with Gasteiger partial charge in [0.05, 0.1) is 0 Å². The van der Waals surface area contributed by atoms with Crippen LogP contribution in [0.3, 0.4) is 0 Å². The lowest BCUT2D eigenvalue weighted by Gasteiger charge is -2.59. The quantitative estimate of drug-likeness (QED) is 0.502. The minimum Gasteiger partial charge on any atom is -0.462 e. The first-order chi connectivity index (χ1) is 12.7. The van der Waals surface area contributed by atoms with Crippen LogP contribution in [0, 0.1) is 39.9 Å². The molecule has 4 fully saturated rings. The molecule has 0 heterocycles. The zero-order chi connectivity index (χ0) is 19.2. The Balaban J connectivity index is 1.43. The number of fused-ring (bicyclic) bond motifs is 7. The normalized spacial score (nSPS) is 52.6. The third kappa shape index (κ3) is 2.15. The molecule has 27 heavy (non-hydrogen) atoms. The molecule has 5 aliphatic carbocycles. The van der Waals surface area contributed by atoms with Crippen molar-refractivity contribution in [2.75, 3.05) is 0 Å². The summed E-state index contributed by atoms with van der Waals surface area (Å²) in [5, 5.41) is 0. The van der Waals surface area contributed by atoms with Crippen LogP contribution < -0.4 is 0 Å². The molecule has 0 aliphatic heterocycles. The maximum atomic E-state index is 12.6. The van der Waals surface area contributed by atoms with Gasteiger partial charge < -0.3 is 4.74 Å². The van der Waals surface area contributed by atoms with Crippen molar-refractivity contribution in [3.63, 3.8) is 0 Å². The number of hydrogen-bond acceptors (Lipinski definition) is 3. The average molecular weight is 371 g/mol. The lowest BCUT2D eigenvalue weighted by molar-refractivity contribution is -0.149. The van der Waals surface area contributed by atoms with Crippen LogP contribution in [0.15, 0.2) is 11.6 Å². The Kier molecular flexibility index (Phi) is 3.64. The SMILES string of the molecule is CC(=O)OC1CCC2(C)C(=CCC3C2CCC2(C)C3CC3CC32C(C)=O)C1. The van der Waals surface area contributed by atoms with Crippen molar-refractivity contribution in [2.45, 2.75) is 85.2 Å². The molecule has 0 aromatic carbocycles. The van der Waals surface area contributed by atoms with Crippen molar-refractivity contribution in [3.8, 4) is 0 Å². The first kappa shape index (κ1) is 17.9. The molecule has 0 N–H and O–H groups in total. The highest BCUT2D eigenvalue weighted by Gasteiger charge is 2.76. The number of allylic oxidation sites excluding steroid dienone is 1. The van der Waals surface area contributed by atoms with Gasteiger partial charge in [0, 0.05) is 18.8 Å². The second-order valence-electron chi connectivity index (χ2n) is 10.9. The van der Waals surface area contributed by atoms with Crippen molar-refractivity contribution < 1.29 is 14.3 Å². The summed E-state index contributed by atoms with van der Waals surface area (Å²) < 4.78 is 5.55. The van der Waals surface area contributed by atoms with E-state index in [9.17, 15) is 9.59 Å². The van der Waals surface area contributed by atoms with E-state index < -0.39 is 0 Å². The van der Waals surface area contributed by atoms with Crippen LogP contribution in [0.2, 0.25) is 0 Å². The number of Topliss-reactive ketones (excluding diaryl/α,β-unsaturated/α-hetero) is 1. The molecule has 5 rings (SSSR count). The van der Waals surface area contributed by atoms with Gasteiger partial charge in [0.2, 0.25) is 0 Å². The highest BCUT2D eigenvalue weighted by atomic mass is 16.5. The molecule has 0 spiro atoms. The van der Waals surface area contributed by atoms with Crippen molar-refractivity contribution in [3.05, 3.63) is 11.6 Å². The monoisotopic (exact) mass is 370 g/mol. The van der Waals surface area contributed by atoms with Gasteiger partial charge in [-0.3, -0.25) is 9.59 Å². The van der Waals surface area contributed by atoms with Gasteiger partial charge in [0.15, 0.2) is 0 Å². The molecule has 0 saturated heterocycles. The summed E-state index contributed by atoms with van der Waals surface area (Å²) in [7, 11) is 0. The Morgan fingerprint density at radius 2 is 1.89 bits per heavy atom. The molecule has 4 saturated carbocycles. The zero-order valence-electron chi connectivity index (χ0n) is 17.3. The predicted octanol–water partition coefficient (Wildman–Crippen LogP) is 5.09. The number of esters is 1. The average Bonchev–Trinajstić information content (AvgIpc) is 3.27. The third-order valence-corrected chi connectivity index (χ3v) is 10.1. The van der Waals surface area contributed by atoms with Gasteiger partial charge in [0.1, 0.15) is 11.9 Å². The molecular formula is C24H34O3. The second-order valence-corrected chi connectivity index (χ2v) is 10.9. The zero-order valence-corrected chi connectivity index (χ0v) is 17.3. The summed E-state index contributed by atoms with van der Waals surface area (Å²) in [6.07, 6.45) is 11.8. The number of hydrogen-bond donors (Lipinski definition) is 0. The Bertz CT molecular complexity index is 738. The topological polar surface area (TPSA) is 43.4 Å². The van der Waals surface area contributed by atoms with Crippen molar-refractivity contribution in [1.82, 2.24) is 0 Å². The van der Waals surface area contributed by atoms with Crippen LogP contribution in [0.4, 0.5) is 0 Å². The molecule has 8 atom stereocenters. The number of ketones is 1. The summed E-state index contributed by atoms with van der Waals surface area (Å²) >= 11 is 0.